The molecule has 5 nitrogen and oxygen atoms in total. The van der Waals surface area contributed by atoms with Gasteiger partial charge in [0, 0.05) is 11.8 Å². The van der Waals surface area contributed by atoms with Crippen LogP contribution in [0.5, 0.6) is 0 Å². The van der Waals surface area contributed by atoms with Crippen molar-refractivity contribution in [3.63, 3.8) is 0 Å². The van der Waals surface area contributed by atoms with Crippen LogP contribution in [-0.4, -0.2) is 20.8 Å². The van der Waals surface area contributed by atoms with Crippen LogP contribution in [0, 0.1) is 0 Å². The van der Waals surface area contributed by atoms with Crippen molar-refractivity contribution >= 4 is 11.8 Å². The van der Waals surface area contributed by atoms with Gasteiger partial charge in [0.05, 0.1) is 5.56 Å². The highest BCUT2D eigenvalue weighted by molar-refractivity contribution is 7.98. The Morgan fingerprint density at radius 1 is 1.17 bits per heavy atom. The van der Waals surface area contributed by atoms with Crippen molar-refractivity contribution in [3.05, 3.63) is 59.0 Å². The maximum Gasteiger partial charge on any atom is 0.416 e. The minimum Gasteiger partial charge on any atom is -0.441 e. The molecule has 3 aromatic rings. The zero-order chi connectivity index (χ0) is 17.3. The molecule has 0 saturated heterocycles. The van der Waals surface area contributed by atoms with Crippen molar-refractivity contribution in [3.8, 4) is 17.1 Å². The van der Waals surface area contributed by atoms with Crippen molar-refractivity contribution < 1.29 is 17.6 Å². The van der Waals surface area contributed by atoms with Gasteiger partial charge in [-0.1, -0.05) is 12.1 Å². The third-order valence-corrected chi connectivity index (χ3v) is 3.88. The summed E-state index contributed by atoms with van der Waals surface area (Å²) in [6, 6.07) is 6.05. The van der Waals surface area contributed by atoms with Crippen LogP contribution in [0.2, 0.25) is 0 Å². The van der Waals surface area contributed by atoms with Gasteiger partial charge in [0.2, 0.25) is 0 Å². The van der Waals surface area contributed by atoms with Crippen molar-refractivity contribution in [1.82, 2.24) is 14.5 Å². The molecule has 0 aliphatic rings. The van der Waals surface area contributed by atoms with Gasteiger partial charge in [-0.25, -0.2) is 9.36 Å². The predicted octanol–water partition coefficient (Wildman–Crippen LogP) is 3.63. The first-order valence-electron chi connectivity index (χ1n) is 6.65. The van der Waals surface area contributed by atoms with Gasteiger partial charge in [0.1, 0.15) is 5.03 Å². The summed E-state index contributed by atoms with van der Waals surface area (Å²) in [4.78, 5) is 19.9. The zero-order valence-electron chi connectivity index (χ0n) is 12.2. The molecule has 124 valence electrons. The van der Waals surface area contributed by atoms with Crippen LogP contribution in [0.25, 0.3) is 17.1 Å². The number of nitrogens with zero attached hydrogens (tertiary/aromatic N) is 3. The fourth-order valence-corrected chi connectivity index (χ4v) is 2.45. The SMILES string of the molecule is CSc1ccn(-c2ncoc2-c2ccc(C(F)(F)F)cc2)c(=O)n1. The Balaban J connectivity index is 2.04. The van der Waals surface area contributed by atoms with Gasteiger partial charge in [-0.15, -0.1) is 11.8 Å². The first-order chi connectivity index (χ1) is 11.4. The summed E-state index contributed by atoms with van der Waals surface area (Å²) in [5.74, 6) is 0.351. The molecule has 0 spiro atoms. The maximum absolute atomic E-state index is 12.6. The molecule has 0 aliphatic carbocycles. The average molecular weight is 353 g/mol. The highest BCUT2D eigenvalue weighted by atomic mass is 32.2. The molecule has 0 unspecified atom stereocenters. The molecule has 0 amide bonds. The number of thioether (sulfide) groups is 1. The van der Waals surface area contributed by atoms with E-state index in [0.717, 1.165) is 18.5 Å². The fourth-order valence-electron chi connectivity index (χ4n) is 2.08. The topological polar surface area (TPSA) is 60.9 Å². The van der Waals surface area contributed by atoms with E-state index in [1.807, 2.05) is 0 Å². The average Bonchev–Trinajstić information content (AvgIpc) is 3.03. The minimum absolute atomic E-state index is 0.167. The molecule has 1 aromatic carbocycles. The van der Waals surface area contributed by atoms with E-state index in [2.05, 4.69) is 9.97 Å². The van der Waals surface area contributed by atoms with Gasteiger partial charge in [-0.05, 0) is 24.5 Å². The second-order valence-corrected chi connectivity index (χ2v) is 5.53. The van der Waals surface area contributed by atoms with E-state index in [1.165, 1.54) is 34.7 Å². The summed E-state index contributed by atoms with van der Waals surface area (Å²) in [5, 5.41) is 0.552. The van der Waals surface area contributed by atoms with Crippen LogP contribution in [0.1, 0.15) is 5.56 Å². The number of rotatable bonds is 3. The van der Waals surface area contributed by atoms with Crippen molar-refractivity contribution in [1.29, 1.82) is 0 Å². The Bertz CT molecular complexity index is 917. The largest absolute Gasteiger partial charge is 0.441 e. The predicted molar refractivity (Wildman–Crippen MR) is 82.1 cm³/mol. The van der Waals surface area contributed by atoms with E-state index in [0.29, 0.717) is 10.6 Å². The Hall–Kier alpha value is -2.55. The van der Waals surface area contributed by atoms with E-state index in [1.54, 1.807) is 12.3 Å². The maximum atomic E-state index is 12.6. The van der Waals surface area contributed by atoms with E-state index in [9.17, 15) is 18.0 Å². The molecule has 0 bridgehead atoms. The summed E-state index contributed by atoms with van der Waals surface area (Å²) in [6.07, 6.45) is -0.0169. The Morgan fingerprint density at radius 3 is 2.46 bits per heavy atom. The van der Waals surface area contributed by atoms with Crippen LogP contribution in [0.15, 0.2) is 57.2 Å². The van der Waals surface area contributed by atoms with E-state index in [4.69, 9.17) is 4.42 Å². The normalized spacial score (nSPS) is 11.7. The Kier molecular flexibility index (Phi) is 4.18. The smallest absolute Gasteiger partial charge is 0.416 e. The first-order valence-corrected chi connectivity index (χ1v) is 7.88. The second-order valence-electron chi connectivity index (χ2n) is 4.70. The highest BCUT2D eigenvalue weighted by Crippen LogP contribution is 2.32. The monoisotopic (exact) mass is 353 g/mol. The number of aromatic nitrogens is 3. The third kappa shape index (κ3) is 3.07. The third-order valence-electron chi connectivity index (χ3n) is 3.24. The van der Waals surface area contributed by atoms with Gasteiger partial charge >= 0.3 is 11.9 Å². The molecule has 0 radical (unpaired) electrons. The molecule has 2 heterocycles. The lowest BCUT2D eigenvalue weighted by Gasteiger charge is -2.08. The van der Waals surface area contributed by atoms with E-state index >= 15 is 0 Å². The van der Waals surface area contributed by atoms with Gasteiger partial charge in [-0.3, -0.25) is 0 Å². The lowest BCUT2D eigenvalue weighted by molar-refractivity contribution is -0.137. The number of hydrogen-bond acceptors (Lipinski definition) is 5. The summed E-state index contributed by atoms with van der Waals surface area (Å²) in [6.45, 7) is 0. The van der Waals surface area contributed by atoms with Crippen LogP contribution in [0.3, 0.4) is 0 Å². The molecule has 0 saturated carbocycles. The first kappa shape index (κ1) is 16.3. The molecule has 0 aliphatic heterocycles. The van der Waals surface area contributed by atoms with Gasteiger partial charge < -0.3 is 4.42 Å². The molecule has 0 N–H and O–H groups in total. The van der Waals surface area contributed by atoms with Crippen molar-refractivity contribution in [2.24, 2.45) is 0 Å². The van der Waals surface area contributed by atoms with Crippen LogP contribution >= 0.6 is 11.8 Å². The minimum atomic E-state index is -4.42. The summed E-state index contributed by atoms with van der Waals surface area (Å²) in [7, 11) is 0. The zero-order valence-corrected chi connectivity index (χ0v) is 13.1. The lowest BCUT2D eigenvalue weighted by Crippen LogP contribution is -2.21. The number of halogens is 3. The molecule has 0 atom stereocenters. The number of oxazole rings is 1. The molecular formula is C15H10F3N3O2S. The van der Waals surface area contributed by atoms with E-state index < -0.39 is 17.4 Å². The standard InChI is InChI=1S/C15H10F3N3O2S/c1-24-11-6-7-21(14(22)20-11)13-12(23-8-19-13)9-2-4-10(5-3-9)15(16,17)18/h2-8H,1H3. The molecule has 2 aromatic heterocycles. The summed E-state index contributed by atoms with van der Waals surface area (Å²) >= 11 is 1.32. The van der Waals surface area contributed by atoms with Gasteiger partial charge in [0.25, 0.3) is 0 Å². The Labute approximate surface area is 138 Å². The van der Waals surface area contributed by atoms with Gasteiger partial charge in [-0.2, -0.15) is 23.1 Å². The molecular weight excluding hydrogens is 343 g/mol. The molecule has 3 rings (SSSR count). The highest BCUT2D eigenvalue weighted by Gasteiger charge is 2.30. The molecule has 24 heavy (non-hydrogen) atoms. The van der Waals surface area contributed by atoms with Crippen molar-refractivity contribution in [2.75, 3.05) is 6.26 Å². The molecule has 9 heteroatoms. The van der Waals surface area contributed by atoms with Crippen LogP contribution in [-0.2, 0) is 6.18 Å². The number of hydrogen-bond donors (Lipinski definition) is 0. The van der Waals surface area contributed by atoms with Gasteiger partial charge in [0.15, 0.2) is 18.0 Å². The number of benzene rings is 1. The Morgan fingerprint density at radius 2 is 1.88 bits per heavy atom. The van der Waals surface area contributed by atoms with Crippen molar-refractivity contribution in [2.45, 2.75) is 11.2 Å². The number of alkyl halides is 3. The molecule has 0 fully saturated rings. The summed E-state index contributed by atoms with van der Waals surface area (Å²) in [5.41, 5.74) is -0.948. The van der Waals surface area contributed by atoms with Crippen LogP contribution in [0.4, 0.5) is 13.2 Å². The quantitative estimate of drug-likeness (QED) is 0.532. The summed E-state index contributed by atoms with van der Waals surface area (Å²) < 4.78 is 44.4. The lowest BCUT2D eigenvalue weighted by atomic mass is 10.1. The fraction of sp³-hybridized carbons (Fsp3) is 0.133. The van der Waals surface area contributed by atoms with E-state index in [-0.39, 0.29) is 11.6 Å². The van der Waals surface area contributed by atoms with Crippen LogP contribution < -0.4 is 5.69 Å². The second kappa shape index (κ2) is 6.16.